The van der Waals surface area contributed by atoms with Crippen LogP contribution in [0.3, 0.4) is 0 Å². The third kappa shape index (κ3) is 2.32. The van der Waals surface area contributed by atoms with E-state index in [9.17, 15) is 20.1 Å². The van der Waals surface area contributed by atoms with E-state index in [1.54, 1.807) is 0 Å². The van der Waals surface area contributed by atoms with Crippen molar-refractivity contribution in [3.05, 3.63) is 18.2 Å². The van der Waals surface area contributed by atoms with Crippen molar-refractivity contribution in [2.24, 2.45) is 5.73 Å². The van der Waals surface area contributed by atoms with Crippen LogP contribution in [0.4, 0.5) is 0 Å². The van der Waals surface area contributed by atoms with Crippen molar-refractivity contribution >= 4 is 5.91 Å². The number of hydrogen-bond donors (Lipinski definition) is 4. The summed E-state index contributed by atoms with van der Waals surface area (Å²) in [7, 11) is 0. The number of amides is 1. The van der Waals surface area contributed by atoms with Gasteiger partial charge in [-0.3, -0.25) is 4.79 Å². The largest absolute Gasteiger partial charge is 0.387 e. The molecule has 5 atom stereocenters. The molecular formula is C11H13N3O5. The predicted molar refractivity (Wildman–Crippen MR) is 61.5 cm³/mol. The van der Waals surface area contributed by atoms with Crippen LogP contribution in [0.15, 0.2) is 12.5 Å². The Balaban J connectivity index is 2.21. The molecule has 2 heterocycles. The molecule has 1 amide bonds. The van der Waals surface area contributed by atoms with Gasteiger partial charge in [0.1, 0.15) is 30.1 Å². The van der Waals surface area contributed by atoms with Crippen LogP contribution in [-0.4, -0.2) is 55.2 Å². The molecule has 8 nitrogen and oxygen atoms in total. The van der Waals surface area contributed by atoms with Crippen LogP contribution in [-0.2, 0) is 4.74 Å². The molecule has 1 aliphatic heterocycles. The van der Waals surface area contributed by atoms with Gasteiger partial charge in [0.05, 0.1) is 6.33 Å². The zero-order valence-electron chi connectivity index (χ0n) is 9.75. The zero-order chi connectivity index (χ0) is 14.2. The number of nitrogens with two attached hydrogens (primary N) is 1. The van der Waals surface area contributed by atoms with Crippen molar-refractivity contribution in [2.45, 2.75) is 30.6 Å². The Kier molecular flexibility index (Phi) is 3.55. The first-order valence-electron chi connectivity index (χ1n) is 5.44. The van der Waals surface area contributed by atoms with E-state index in [4.69, 9.17) is 16.9 Å². The van der Waals surface area contributed by atoms with Crippen molar-refractivity contribution in [3.63, 3.8) is 0 Å². The van der Waals surface area contributed by atoms with Gasteiger partial charge in [-0.25, -0.2) is 4.98 Å². The van der Waals surface area contributed by atoms with E-state index in [2.05, 4.69) is 4.98 Å². The molecule has 0 bridgehead atoms. The van der Waals surface area contributed by atoms with Crippen LogP contribution in [0.2, 0.25) is 0 Å². The van der Waals surface area contributed by atoms with E-state index >= 15 is 0 Å². The highest BCUT2D eigenvalue weighted by Gasteiger charge is 2.46. The second-order valence-corrected chi connectivity index (χ2v) is 4.15. The number of terminal acetylenes is 1. The van der Waals surface area contributed by atoms with Gasteiger partial charge < -0.3 is 30.4 Å². The van der Waals surface area contributed by atoms with Gasteiger partial charge in [-0.2, -0.15) is 0 Å². The van der Waals surface area contributed by atoms with Gasteiger partial charge in [-0.05, 0) is 0 Å². The van der Waals surface area contributed by atoms with E-state index in [0.29, 0.717) is 0 Å². The van der Waals surface area contributed by atoms with E-state index in [-0.39, 0.29) is 5.69 Å². The number of primary amides is 1. The molecule has 0 spiro atoms. The fraction of sp³-hybridized carbons (Fsp3) is 0.455. The molecule has 19 heavy (non-hydrogen) atoms. The van der Waals surface area contributed by atoms with Crippen molar-refractivity contribution in [2.75, 3.05) is 0 Å². The van der Waals surface area contributed by atoms with Crippen molar-refractivity contribution in [3.8, 4) is 12.3 Å². The Hall–Kier alpha value is -1.92. The number of aromatic nitrogens is 2. The molecule has 1 aromatic heterocycles. The number of carbonyl (C=O) groups is 1. The molecule has 1 saturated heterocycles. The standard InChI is InChI=1S/C11H13N3O5/c1-2-6(15)9-7(16)8(17)11(19-9)14-3-5(10(12)18)13-4-14/h1,3-4,6-9,11,15-17H,(H2,12,18)/t6?,7-,8+,9+,11-/m1/s1. The lowest BCUT2D eigenvalue weighted by atomic mass is 10.1. The van der Waals surface area contributed by atoms with Crippen LogP contribution < -0.4 is 5.73 Å². The maximum absolute atomic E-state index is 10.9. The summed E-state index contributed by atoms with van der Waals surface area (Å²) in [5.41, 5.74) is 5.04. The molecule has 0 radical (unpaired) electrons. The second-order valence-electron chi connectivity index (χ2n) is 4.15. The smallest absolute Gasteiger partial charge is 0.268 e. The van der Waals surface area contributed by atoms with Crippen LogP contribution in [0.5, 0.6) is 0 Å². The van der Waals surface area contributed by atoms with E-state index < -0.39 is 36.6 Å². The normalized spacial score (nSPS) is 31.9. The van der Waals surface area contributed by atoms with Gasteiger partial charge in [0.15, 0.2) is 6.23 Å². The Bertz CT molecular complexity index is 523. The minimum Gasteiger partial charge on any atom is -0.387 e. The Morgan fingerprint density at radius 2 is 2.26 bits per heavy atom. The van der Waals surface area contributed by atoms with Crippen LogP contribution in [0, 0.1) is 12.3 Å². The topological polar surface area (TPSA) is 131 Å². The van der Waals surface area contributed by atoms with Crippen molar-refractivity contribution in [1.29, 1.82) is 0 Å². The summed E-state index contributed by atoms with van der Waals surface area (Å²) in [6.07, 6.45) is 1.38. The second kappa shape index (κ2) is 4.99. The van der Waals surface area contributed by atoms with E-state index in [1.807, 2.05) is 5.92 Å². The van der Waals surface area contributed by atoms with Gasteiger partial charge in [0.25, 0.3) is 5.91 Å². The average molecular weight is 267 g/mol. The first-order valence-corrected chi connectivity index (χ1v) is 5.44. The summed E-state index contributed by atoms with van der Waals surface area (Å²) in [4.78, 5) is 14.6. The fourth-order valence-electron chi connectivity index (χ4n) is 1.89. The Labute approximate surface area is 108 Å². The maximum Gasteiger partial charge on any atom is 0.268 e. The molecule has 1 fully saturated rings. The first kappa shape index (κ1) is 13.5. The fourth-order valence-corrected chi connectivity index (χ4v) is 1.89. The highest BCUT2D eigenvalue weighted by Crippen LogP contribution is 2.30. The quantitative estimate of drug-likeness (QED) is 0.451. The number of aliphatic hydroxyl groups excluding tert-OH is 3. The molecule has 1 aromatic rings. The summed E-state index contributed by atoms with van der Waals surface area (Å²) in [6.45, 7) is 0. The minimum absolute atomic E-state index is 0.00811. The molecule has 1 aliphatic rings. The van der Waals surface area contributed by atoms with Crippen LogP contribution in [0.1, 0.15) is 16.7 Å². The van der Waals surface area contributed by atoms with Crippen molar-refractivity contribution in [1.82, 2.24) is 9.55 Å². The summed E-state index contributed by atoms with van der Waals surface area (Å²) in [6, 6.07) is 0. The highest BCUT2D eigenvalue weighted by molar-refractivity contribution is 5.90. The number of aliphatic hydroxyl groups is 3. The van der Waals surface area contributed by atoms with Gasteiger partial charge in [0, 0.05) is 6.20 Å². The number of rotatable bonds is 3. The Morgan fingerprint density at radius 3 is 2.79 bits per heavy atom. The molecule has 1 unspecified atom stereocenters. The van der Waals surface area contributed by atoms with Gasteiger partial charge >= 0.3 is 0 Å². The number of nitrogens with zero attached hydrogens (tertiary/aromatic N) is 2. The lowest BCUT2D eigenvalue weighted by molar-refractivity contribution is -0.0687. The minimum atomic E-state index is -1.35. The van der Waals surface area contributed by atoms with Crippen LogP contribution in [0.25, 0.3) is 0 Å². The highest BCUT2D eigenvalue weighted by atomic mass is 16.6. The molecule has 0 aromatic carbocycles. The summed E-state index contributed by atoms with van der Waals surface area (Å²) in [5.74, 6) is 1.28. The van der Waals surface area contributed by atoms with E-state index in [0.717, 1.165) is 0 Å². The first-order chi connectivity index (χ1) is 8.95. The summed E-state index contributed by atoms with van der Waals surface area (Å²) in [5, 5.41) is 29.1. The molecule has 0 saturated carbocycles. The number of hydrogen-bond acceptors (Lipinski definition) is 6. The van der Waals surface area contributed by atoms with Crippen molar-refractivity contribution < 1.29 is 24.9 Å². The average Bonchev–Trinajstić information content (AvgIpc) is 2.96. The molecule has 2 rings (SSSR count). The maximum atomic E-state index is 10.9. The predicted octanol–water partition coefficient (Wildman–Crippen LogP) is -2.40. The SMILES string of the molecule is C#CC(O)[C@@H]1O[C@@H](n2cnc(C(N)=O)c2)[C@@H](O)[C@H]1O. The summed E-state index contributed by atoms with van der Waals surface area (Å²) < 4.78 is 6.57. The molecule has 102 valence electrons. The molecular weight excluding hydrogens is 254 g/mol. The summed E-state index contributed by atoms with van der Waals surface area (Å²) >= 11 is 0. The Morgan fingerprint density at radius 1 is 1.58 bits per heavy atom. The van der Waals surface area contributed by atoms with Gasteiger partial charge in [0.2, 0.25) is 0 Å². The lowest BCUT2D eigenvalue weighted by Crippen LogP contribution is -2.37. The molecule has 8 heteroatoms. The van der Waals surface area contributed by atoms with Gasteiger partial charge in [-0.1, -0.05) is 5.92 Å². The number of carbonyl (C=O) groups excluding carboxylic acids is 1. The zero-order valence-corrected chi connectivity index (χ0v) is 9.75. The third-order valence-electron chi connectivity index (χ3n) is 2.90. The third-order valence-corrected chi connectivity index (χ3v) is 2.90. The van der Waals surface area contributed by atoms with Gasteiger partial charge in [-0.15, -0.1) is 6.42 Å². The number of ether oxygens (including phenoxy) is 1. The number of imidazole rings is 1. The lowest BCUT2D eigenvalue weighted by Gasteiger charge is -2.16. The molecule has 0 aliphatic carbocycles. The van der Waals surface area contributed by atoms with Crippen LogP contribution >= 0.6 is 0 Å². The molecule has 5 N–H and O–H groups in total. The van der Waals surface area contributed by atoms with E-state index in [1.165, 1.54) is 17.1 Å². The monoisotopic (exact) mass is 267 g/mol.